The Kier molecular flexibility index (Phi) is 4.52. The van der Waals surface area contributed by atoms with E-state index in [0.717, 1.165) is 5.56 Å². The molecule has 0 spiro atoms. The molecular formula is C13H19NO3. The van der Waals surface area contributed by atoms with Crippen LogP contribution in [0.3, 0.4) is 0 Å². The monoisotopic (exact) mass is 237 g/mol. The summed E-state index contributed by atoms with van der Waals surface area (Å²) in [5, 5.41) is 21.3. The lowest BCUT2D eigenvalue weighted by Crippen LogP contribution is -2.38. The van der Waals surface area contributed by atoms with Gasteiger partial charge in [-0.2, -0.15) is 0 Å². The second-order valence-corrected chi connectivity index (χ2v) is 4.42. The summed E-state index contributed by atoms with van der Waals surface area (Å²) in [5.41, 5.74) is 1.16. The molecule has 0 fully saturated rings. The second kappa shape index (κ2) is 5.68. The van der Waals surface area contributed by atoms with Crippen molar-refractivity contribution < 1.29 is 15.0 Å². The first-order valence-electron chi connectivity index (χ1n) is 5.67. The first-order chi connectivity index (χ1) is 7.95. The van der Waals surface area contributed by atoms with E-state index in [-0.39, 0.29) is 30.2 Å². The molecule has 3 N–H and O–H groups in total. The Hall–Kier alpha value is -1.55. The Morgan fingerprint density at radius 2 is 2.06 bits per heavy atom. The number of nitrogens with one attached hydrogen (secondary N) is 1. The number of benzene rings is 1. The topological polar surface area (TPSA) is 69.6 Å². The van der Waals surface area contributed by atoms with Gasteiger partial charge in [-0.25, -0.2) is 0 Å². The van der Waals surface area contributed by atoms with Crippen LogP contribution in [0.4, 0.5) is 0 Å². The van der Waals surface area contributed by atoms with Crippen molar-refractivity contribution in [3.63, 3.8) is 0 Å². The van der Waals surface area contributed by atoms with Crippen molar-refractivity contribution >= 4 is 5.91 Å². The van der Waals surface area contributed by atoms with E-state index in [0.29, 0.717) is 5.56 Å². The third-order valence-corrected chi connectivity index (χ3v) is 2.97. The predicted molar refractivity (Wildman–Crippen MR) is 66.0 cm³/mol. The third kappa shape index (κ3) is 3.46. The molecule has 0 aliphatic heterocycles. The Bertz CT molecular complexity index is 404. The van der Waals surface area contributed by atoms with Crippen LogP contribution in [-0.4, -0.2) is 28.8 Å². The van der Waals surface area contributed by atoms with E-state index in [1.54, 1.807) is 19.1 Å². The van der Waals surface area contributed by atoms with E-state index in [1.807, 2.05) is 13.8 Å². The number of hydrogen-bond donors (Lipinski definition) is 3. The number of carbonyl (C=O) groups is 1. The van der Waals surface area contributed by atoms with Crippen molar-refractivity contribution in [1.29, 1.82) is 0 Å². The number of aliphatic hydroxyl groups is 1. The molecule has 94 valence electrons. The number of amides is 1. The van der Waals surface area contributed by atoms with Crippen molar-refractivity contribution in [2.24, 2.45) is 5.92 Å². The molecule has 2 atom stereocenters. The van der Waals surface area contributed by atoms with Gasteiger partial charge in [0.2, 0.25) is 0 Å². The second-order valence-electron chi connectivity index (χ2n) is 4.42. The summed E-state index contributed by atoms with van der Waals surface area (Å²) in [6.45, 7) is 5.50. The highest BCUT2D eigenvalue weighted by Crippen LogP contribution is 2.17. The average Bonchev–Trinajstić information content (AvgIpc) is 2.31. The molecule has 0 radical (unpaired) electrons. The molecule has 2 unspecified atom stereocenters. The highest BCUT2D eigenvalue weighted by atomic mass is 16.3. The van der Waals surface area contributed by atoms with E-state index in [2.05, 4.69) is 5.32 Å². The molecule has 0 bridgehead atoms. The minimum atomic E-state index is -0.242. The summed E-state index contributed by atoms with van der Waals surface area (Å²) in [6, 6.07) is 4.70. The average molecular weight is 237 g/mol. The molecule has 1 aromatic carbocycles. The van der Waals surface area contributed by atoms with Crippen molar-refractivity contribution in [1.82, 2.24) is 5.32 Å². The maximum atomic E-state index is 11.8. The van der Waals surface area contributed by atoms with E-state index in [9.17, 15) is 9.90 Å². The number of phenols is 1. The normalized spacial score (nSPS) is 14.1. The van der Waals surface area contributed by atoms with Crippen LogP contribution in [0.1, 0.15) is 29.8 Å². The van der Waals surface area contributed by atoms with Gasteiger partial charge in [-0.15, -0.1) is 0 Å². The number of aliphatic hydroxyl groups excluding tert-OH is 1. The molecule has 0 saturated heterocycles. The standard InChI is InChI=1S/C13H19NO3/c1-8-4-5-11(6-12(8)16)13(17)14-10(3)9(2)7-15/h4-6,9-10,15-16H,7H2,1-3H3,(H,14,17). The molecule has 0 aromatic heterocycles. The van der Waals surface area contributed by atoms with Gasteiger partial charge in [-0.3, -0.25) is 4.79 Å². The summed E-state index contributed by atoms with van der Waals surface area (Å²) in [7, 11) is 0. The largest absolute Gasteiger partial charge is 0.508 e. The quantitative estimate of drug-likeness (QED) is 0.742. The van der Waals surface area contributed by atoms with Gasteiger partial charge in [-0.05, 0) is 37.5 Å². The van der Waals surface area contributed by atoms with E-state index >= 15 is 0 Å². The maximum absolute atomic E-state index is 11.8. The zero-order chi connectivity index (χ0) is 13.0. The minimum absolute atomic E-state index is 0.00186. The van der Waals surface area contributed by atoms with Gasteiger partial charge in [0.25, 0.3) is 5.91 Å². The van der Waals surface area contributed by atoms with Crippen LogP contribution in [0.5, 0.6) is 5.75 Å². The fraction of sp³-hybridized carbons (Fsp3) is 0.462. The number of aryl methyl sites for hydroxylation is 1. The first-order valence-corrected chi connectivity index (χ1v) is 5.67. The molecule has 4 heteroatoms. The Morgan fingerprint density at radius 3 is 2.59 bits per heavy atom. The first kappa shape index (κ1) is 13.5. The molecule has 17 heavy (non-hydrogen) atoms. The van der Waals surface area contributed by atoms with Crippen LogP contribution in [0.2, 0.25) is 0 Å². The Balaban J connectivity index is 2.73. The molecular weight excluding hydrogens is 218 g/mol. The minimum Gasteiger partial charge on any atom is -0.508 e. The molecule has 0 heterocycles. The zero-order valence-corrected chi connectivity index (χ0v) is 10.4. The lowest BCUT2D eigenvalue weighted by molar-refractivity contribution is 0.0916. The van der Waals surface area contributed by atoms with Crippen molar-refractivity contribution in [2.75, 3.05) is 6.61 Å². The lowest BCUT2D eigenvalue weighted by Gasteiger charge is -2.19. The van der Waals surface area contributed by atoms with Gasteiger partial charge in [0.15, 0.2) is 0 Å². The van der Waals surface area contributed by atoms with Crippen LogP contribution in [0.25, 0.3) is 0 Å². The van der Waals surface area contributed by atoms with E-state index in [4.69, 9.17) is 5.11 Å². The summed E-state index contributed by atoms with van der Waals surface area (Å²) in [4.78, 5) is 11.8. The van der Waals surface area contributed by atoms with Gasteiger partial charge >= 0.3 is 0 Å². The molecule has 4 nitrogen and oxygen atoms in total. The number of aromatic hydroxyl groups is 1. The van der Waals surface area contributed by atoms with Gasteiger partial charge in [0, 0.05) is 18.2 Å². The van der Waals surface area contributed by atoms with Crippen molar-refractivity contribution in [3.8, 4) is 5.75 Å². The van der Waals surface area contributed by atoms with Crippen LogP contribution >= 0.6 is 0 Å². The summed E-state index contributed by atoms with van der Waals surface area (Å²) in [6.07, 6.45) is 0. The van der Waals surface area contributed by atoms with Crippen LogP contribution in [0.15, 0.2) is 18.2 Å². The Morgan fingerprint density at radius 1 is 1.41 bits per heavy atom. The highest BCUT2D eigenvalue weighted by Gasteiger charge is 2.15. The number of rotatable bonds is 4. The number of phenolic OH excluding ortho intramolecular Hbond substituents is 1. The fourth-order valence-electron chi connectivity index (χ4n) is 1.34. The highest BCUT2D eigenvalue weighted by molar-refractivity contribution is 5.94. The van der Waals surface area contributed by atoms with E-state index < -0.39 is 0 Å². The van der Waals surface area contributed by atoms with Crippen LogP contribution < -0.4 is 5.32 Å². The Labute approximate surface area is 101 Å². The van der Waals surface area contributed by atoms with Crippen molar-refractivity contribution in [3.05, 3.63) is 29.3 Å². The van der Waals surface area contributed by atoms with Crippen LogP contribution in [0, 0.1) is 12.8 Å². The van der Waals surface area contributed by atoms with Gasteiger partial charge in [0.05, 0.1) is 0 Å². The van der Waals surface area contributed by atoms with Gasteiger partial charge in [-0.1, -0.05) is 13.0 Å². The predicted octanol–water partition coefficient (Wildman–Crippen LogP) is 1.45. The van der Waals surface area contributed by atoms with Crippen molar-refractivity contribution in [2.45, 2.75) is 26.8 Å². The molecule has 1 amide bonds. The third-order valence-electron chi connectivity index (χ3n) is 2.97. The summed E-state index contributed by atoms with van der Waals surface area (Å²) >= 11 is 0. The van der Waals surface area contributed by atoms with Gasteiger partial charge in [0.1, 0.15) is 5.75 Å². The summed E-state index contributed by atoms with van der Waals surface area (Å²) < 4.78 is 0. The molecule has 0 aliphatic rings. The maximum Gasteiger partial charge on any atom is 0.251 e. The SMILES string of the molecule is Cc1ccc(C(=O)NC(C)C(C)CO)cc1O. The van der Waals surface area contributed by atoms with E-state index in [1.165, 1.54) is 6.07 Å². The number of carbonyl (C=O) groups excluding carboxylic acids is 1. The molecule has 1 aromatic rings. The molecule has 1 rings (SSSR count). The number of hydrogen-bond acceptors (Lipinski definition) is 3. The summed E-state index contributed by atoms with van der Waals surface area (Å²) in [5.74, 6) is -0.133. The molecule has 0 aliphatic carbocycles. The lowest BCUT2D eigenvalue weighted by atomic mass is 10.0. The molecule has 0 saturated carbocycles. The van der Waals surface area contributed by atoms with Crippen LogP contribution in [-0.2, 0) is 0 Å². The van der Waals surface area contributed by atoms with Gasteiger partial charge < -0.3 is 15.5 Å². The fourth-order valence-corrected chi connectivity index (χ4v) is 1.34. The smallest absolute Gasteiger partial charge is 0.251 e. The zero-order valence-electron chi connectivity index (χ0n) is 10.4.